The molecule has 4 heteroatoms. The van der Waals surface area contributed by atoms with Crippen LogP contribution in [0.25, 0.3) is 5.69 Å². The fourth-order valence-electron chi connectivity index (χ4n) is 2.84. The van der Waals surface area contributed by atoms with Crippen molar-refractivity contribution in [1.82, 2.24) is 15.1 Å². The molecule has 0 amide bonds. The highest BCUT2D eigenvalue weighted by atomic mass is 16.3. The van der Waals surface area contributed by atoms with E-state index in [1.807, 2.05) is 16.9 Å². The summed E-state index contributed by atoms with van der Waals surface area (Å²) in [6.07, 6.45) is 7.87. The van der Waals surface area contributed by atoms with Crippen molar-refractivity contribution >= 4 is 0 Å². The molecule has 0 saturated heterocycles. The van der Waals surface area contributed by atoms with Crippen LogP contribution in [0.2, 0.25) is 0 Å². The molecule has 2 N–H and O–H groups in total. The van der Waals surface area contributed by atoms with Crippen molar-refractivity contribution in [3.8, 4) is 5.69 Å². The van der Waals surface area contributed by atoms with Crippen molar-refractivity contribution in [2.45, 2.75) is 37.8 Å². The van der Waals surface area contributed by atoms with Crippen molar-refractivity contribution in [1.29, 1.82) is 0 Å². The van der Waals surface area contributed by atoms with Gasteiger partial charge in [0.05, 0.1) is 11.3 Å². The Kier molecular flexibility index (Phi) is 3.85. The van der Waals surface area contributed by atoms with Gasteiger partial charge in [0.2, 0.25) is 0 Å². The molecule has 1 heterocycles. The molecule has 106 valence electrons. The first kappa shape index (κ1) is 13.3. The van der Waals surface area contributed by atoms with Gasteiger partial charge in [0, 0.05) is 25.5 Å². The molecule has 2 aromatic rings. The minimum atomic E-state index is -0.477. The number of nitrogens with zero attached hydrogens (tertiary/aromatic N) is 2. The topological polar surface area (TPSA) is 50.1 Å². The summed E-state index contributed by atoms with van der Waals surface area (Å²) in [5, 5.41) is 17.8. The summed E-state index contributed by atoms with van der Waals surface area (Å²) in [6, 6.07) is 10.2. The summed E-state index contributed by atoms with van der Waals surface area (Å²) in [7, 11) is 0. The molecule has 0 radical (unpaired) electrons. The summed E-state index contributed by atoms with van der Waals surface area (Å²) in [4.78, 5) is 0. The van der Waals surface area contributed by atoms with Crippen molar-refractivity contribution in [3.63, 3.8) is 0 Å². The molecule has 1 aromatic heterocycles. The van der Waals surface area contributed by atoms with Crippen LogP contribution in [0.15, 0.2) is 42.7 Å². The number of aliphatic hydroxyl groups is 1. The van der Waals surface area contributed by atoms with Crippen molar-refractivity contribution < 1.29 is 5.11 Å². The van der Waals surface area contributed by atoms with E-state index in [9.17, 15) is 5.11 Å². The lowest BCUT2D eigenvalue weighted by Crippen LogP contribution is -2.37. The Morgan fingerprint density at radius 1 is 1.20 bits per heavy atom. The normalized spacial score (nSPS) is 17.4. The Morgan fingerprint density at radius 3 is 2.60 bits per heavy atom. The smallest absolute Gasteiger partial charge is 0.0771 e. The van der Waals surface area contributed by atoms with Gasteiger partial charge in [0.15, 0.2) is 0 Å². The van der Waals surface area contributed by atoms with Crippen LogP contribution in [-0.4, -0.2) is 27.0 Å². The highest BCUT2D eigenvalue weighted by Gasteiger charge is 2.30. The maximum atomic E-state index is 10.3. The lowest BCUT2D eigenvalue weighted by molar-refractivity contribution is 0.0475. The van der Waals surface area contributed by atoms with Gasteiger partial charge in [-0.05, 0) is 36.6 Å². The number of hydrogen-bond acceptors (Lipinski definition) is 3. The maximum Gasteiger partial charge on any atom is 0.0771 e. The number of benzene rings is 1. The van der Waals surface area contributed by atoms with Gasteiger partial charge in [-0.15, -0.1) is 0 Å². The molecule has 20 heavy (non-hydrogen) atoms. The maximum absolute atomic E-state index is 10.3. The lowest BCUT2D eigenvalue weighted by atomic mass is 10.0. The molecule has 1 aromatic carbocycles. The van der Waals surface area contributed by atoms with Gasteiger partial charge < -0.3 is 10.4 Å². The highest BCUT2D eigenvalue weighted by Crippen LogP contribution is 2.28. The van der Waals surface area contributed by atoms with Crippen LogP contribution >= 0.6 is 0 Å². The van der Waals surface area contributed by atoms with Gasteiger partial charge in [-0.1, -0.05) is 25.0 Å². The molecule has 0 aliphatic heterocycles. The molecule has 0 atom stereocenters. The molecule has 3 rings (SSSR count). The zero-order valence-electron chi connectivity index (χ0n) is 11.6. The molecular weight excluding hydrogens is 250 g/mol. The third-order valence-corrected chi connectivity index (χ3v) is 4.02. The van der Waals surface area contributed by atoms with Gasteiger partial charge in [-0.3, -0.25) is 0 Å². The molecule has 4 nitrogen and oxygen atoms in total. The molecule has 0 spiro atoms. The monoisotopic (exact) mass is 271 g/mol. The Labute approximate surface area is 119 Å². The van der Waals surface area contributed by atoms with Crippen LogP contribution in [-0.2, 0) is 6.54 Å². The molecule has 0 unspecified atom stereocenters. The molecule has 1 aliphatic rings. The van der Waals surface area contributed by atoms with E-state index in [-0.39, 0.29) is 0 Å². The van der Waals surface area contributed by atoms with Crippen LogP contribution < -0.4 is 5.32 Å². The Morgan fingerprint density at radius 2 is 1.95 bits per heavy atom. The quantitative estimate of drug-likeness (QED) is 0.877. The second kappa shape index (κ2) is 5.77. The van der Waals surface area contributed by atoms with E-state index in [4.69, 9.17) is 0 Å². The van der Waals surface area contributed by atoms with Crippen LogP contribution in [0.3, 0.4) is 0 Å². The van der Waals surface area contributed by atoms with Crippen LogP contribution in [0.5, 0.6) is 0 Å². The van der Waals surface area contributed by atoms with Crippen LogP contribution in [0.1, 0.15) is 31.2 Å². The lowest BCUT2D eigenvalue weighted by Gasteiger charge is -2.22. The number of hydrogen-bond donors (Lipinski definition) is 2. The van der Waals surface area contributed by atoms with Crippen LogP contribution in [0.4, 0.5) is 0 Å². The second-order valence-electron chi connectivity index (χ2n) is 5.65. The van der Waals surface area contributed by atoms with E-state index in [0.717, 1.165) is 37.9 Å². The average molecular weight is 271 g/mol. The van der Waals surface area contributed by atoms with Gasteiger partial charge in [0.1, 0.15) is 0 Å². The van der Waals surface area contributed by atoms with Gasteiger partial charge >= 0.3 is 0 Å². The first-order valence-corrected chi connectivity index (χ1v) is 7.27. The first-order chi connectivity index (χ1) is 9.75. The second-order valence-corrected chi connectivity index (χ2v) is 5.65. The molecule has 1 fully saturated rings. The van der Waals surface area contributed by atoms with Gasteiger partial charge in [-0.25, -0.2) is 4.68 Å². The third-order valence-electron chi connectivity index (χ3n) is 4.02. The summed E-state index contributed by atoms with van der Waals surface area (Å²) < 4.78 is 1.85. The zero-order chi connectivity index (χ0) is 13.8. The molecule has 0 bridgehead atoms. The standard InChI is InChI=1S/C16H21N3O/c20-16(8-1-2-9-16)13-17-12-14-4-6-15(7-5-14)19-11-3-10-18-19/h3-7,10-11,17,20H,1-2,8-9,12-13H2. The van der Waals surface area contributed by atoms with Crippen LogP contribution in [0, 0.1) is 0 Å². The van der Waals surface area contributed by atoms with E-state index in [0.29, 0.717) is 6.54 Å². The predicted molar refractivity (Wildman–Crippen MR) is 78.7 cm³/mol. The summed E-state index contributed by atoms with van der Waals surface area (Å²) in [5.41, 5.74) is 1.81. The van der Waals surface area contributed by atoms with E-state index in [2.05, 4.69) is 34.7 Å². The summed E-state index contributed by atoms with van der Waals surface area (Å²) in [6.45, 7) is 1.48. The fourth-order valence-corrected chi connectivity index (χ4v) is 2.84. The van der Waals surface area contributed by atoms with E-state index >= 15 is 0 Å². The fraction of sp³-hybridized carbons (Fsp3) is 0.438. The van der Waals surface area contributed by atoms with Gasteiger partial charge in [0.25, 0.3) is 0 Å². The van der Waals surface area contributed by atoms with Crippen molar-refractivity contribution in [2.24, 2.45) is 0 Å². The van der Waals surface area contributed by atoms with Crippen molar-refractivity contribution in [3.05, 3.63) is 48.3 Å². The SMILES string of the molecule is OC1(CNCc2ccc(-n3cccn3)cc2)CCCC1. The number of rotatable bonds is 5. The van der Waals surface area contributed by atoms with Crippen molar-refractivity contribution in [2.75, 3.05) is 6.54 Å². The predicted octanol–water partition coefficient (Wildman–Crippen LogP) is 2.27. The molecule has 1 aliphatic carbocycles. The number of nitrogens with one attached hydrogen (secondary N) is 1. The molecule has 1 saturated carbocycles. The Hall–Kier alpha value is -1.65. The minimum absolute atomic E-state index is 0.477. The van der Waals surface area contributed by atoms with E-state index in [1.54, 1.807) is 6.20 Å². The largest absolute Gasteiger partial charge is 0.389 e. The Bertz CT molecular complexity index is 527. The highest BCUT2D eigenvalue weighted by molar-refractivity contribution is 5.33. The first-order valence-electron chi connectivity index (χ1n) is 7.27. The summed E-state index contributed by atoms with van der Waals surface area (Å²) >= 11 is 0. The Balaban J connectivity index is 1.53. The minimum Gasteiger partial charge on any atom is -0.389 e. The van der Waals surface area contributed by atoms with Gasteiger partial charge in [-0.2, -0.15) is 5.10 Å². The summed E-state index contributed by atoms with van der Waals surface area (Å²) in [5.74, 6) is 0. The zero-order valence-corrected chi connectivity index (χ0v) is 11.6. The third kappa shape index (κ3) is 3.08. The molecular formula is C16H21N3O. The average Bonchev–Trinajstić information content (AvgIpc) is 3.11. The van der Waals surface area contributed by atoms with E-state index < -0.39 is 5.60 Å². The van der Waals surface area contributed by atoms with E-state index in [1.165, 1.54) is 5.56 Å². The number of aromatic nitrogens is 2.